The predicted octanol–water partition coefficient (Wildman–Crippen LogP) is 4.97. The van der Waals surface area contributed by atoms with Gasteiger partial charge in [-0.3, -0.25) is 20.2 Å². The molecule has 1 aliphatic rings. The van der Waals surface area contributed by atoms with Gasteiger partial charge in [-0.1, -0.05) is 12.1 Å². The van der Waals surface area contributed by atoms with Gasteiger partial charge in [0.05, 0.1) is 48.0 Å². The molecule has 12 nitrogen and oxygen atoms in total. The van der Waals surface area contributed by atoms with Crippen molar-refractivity contribution in [1.82, 2.24) is 20.5 Å². The largest absolute Gasteiger partial charge is 0.477 e. The van der Waals surface area contributed by atoms with Crippen LogP contribution in [0.2, 0.25) is 0 Å². The van der Waals surface area contributed by atoms with Crippen LogP contribution in [-0.2, 0) is 19.1 Å². The highest BCUT2D eigenvalue weighted by Gasteiger charge is 2.38. The Balaban J connectivity index is 1.29. The number of nitrogens with zero attached hydrogens (tertiary/aromatic N) is 3. The summed E-state index contributed by atoms with van der Waals surface area (Å²) in [5, 5.41) is 21.6. The summed E-state index contributed by atoms with van der Waals surface area (Å²) in [6.45, 7) is 4.09. The summed E-state index contributed by atoms with van der Waals surface area (Å²) in [6.07, 6.45) is 6.56. The molecule has 0 saturated heterocycles. The molecule has 220 valence electrons. The number of carbonyl (C=O) groups excluding carboxylic acids is 2. The second-order valence-electron chi connectivity index (χ2n) is 9.73. The Bertz CT molecular complexity index is 1500. The first kappa shape index (κ1) is 30.0. The molecule has 0 saturated carbocycles. The van der Waals surface area contributed by atoms with Crippen LogP contribution in [0.15, 0.2) is 77.4 Å². The zero-order chi connectivity index (χ0) is 30.1. The minimum atomic E-state index is -0.885. The van der Waals surface area contributed by atoms with Gasteiger partial charge < -0.3 is 19.5 Å². The van der Waals surface area contributed by atoms with E-state index in [4.69, 9.17) is 14.2 Å². The summed E-state index contributed by atoms with van der Waals surface area (Å²) in [7, 11) is 1.25. The fourth-order valence-corrected chi connectivity index (χ4v) is 4.83. The Morgan fingerprint density at radius 3 is 2.33 bits per heavy atom. The first-order valence-corrected chi connectivity index (χ1v) is 13.6. The highest BCUT2D eigenvalue weighted by Crippen LogP contribution is 2.40. The van der Waals surface area contributed by atoms with Crippen molar-refractivity contribution < 1.29 is 28.7 Å². The molecular weight excluding hydrogens is 542 g/mol. The van der Waals surface area contributed by atoms with E-state index in [-0.39, 0.29) is 23.4 Å². The zero-order valence-electron chi connectivity index (χ0n) is 23.7. The van der Waals surface area contributed by atoms with E-state index in [1.165, 1.54) is 25.3 Å². The van der Waals surface area contributed by atoms with Crippen LogP contribution < -0.4 is 10.1 Å². The van der Waals surface area contributed by atoms with Crippen LogP contribution in [0.5, 0.6) is 5.88 Å². The van der Waals surface area contributed by atoms with Gasteiger partial charge in [0.15, 0.2) is 0 Å². The molecule has 0 bridgehead atoms. The van der Waals surface area contributed by atoms with E-state index in [9.17, 15) is 19.7 Å². The molecule has 3 aromatic rings. The molecule has 0 spiro atoms. The van der Waals surface area contributed by atoms with E-state index in [0.29, 0.717) is 35.9 Å². The number of allylic oxidation sites excluding steroid dienone is 2. The van der Waals surface area contributed by atoms with Crippen LogP contribution in [0.4, 0.5) is 5.69 Å². The van der Waals surface area contributed by atoms with E-state index >= 15 is 0 Å². The molecule has 1 aromatic carbocycles. The SMILES string of the molecule is COC(=O)C1=C(C)NC(C)=C(C(=O)OCCCCCCOc2cc(-c3ccncc3)[nH]n2)C1c1cccc([N+](=O)[O-])c1. The first-order valence-electron chi connectivity index (χ1n) is 13.6. The number of ether oxygens (including phenoxy) is 3. The number of H-pyrrole nitrogens is 1. The number of rotatable bonds is 13. The third-order valence-electron chi connectivity index (χ3n) is 6.87. The van der Waals surface area contributed by atoms with Crippen molar-refractivity contribution in [3.63, 3.8) is 0 Å². The fourth-order valence-electron chi connectivity index (χ4n) is 4.83. The summed E-state index contributed by atoms with van der Waals surface area (Å²) in [4.78, 5) is 41.0. The van der Waals surface area contributed by atoms with E-state index in [2.05, 4.69) is 20.5 Å². The molecule has 0 fully saturated rings. The number of hydrogen-bond acceptors (Lipinski definition) is 10. The molecule has 0 aliphatic carbocycles. The summed E-state index contributed by atoms with van der Waals surface area (Å²) in [5.41, 5.74) is 3.50. The summed E-state index contributed by atoms with van der Waals surface area (Å²) >= 11 is 0. The highest BCUT2D eigenvalue weighted by molar-refractivity contribution is 5.99. The second kappa shape index (κ2) is 14.1. The van der Waals surface area contributed by atoms with Crippen LogP contribution in [0.1, 0.15) is 51.0 Å². The number of dihydropyridines is 1. The Hall–Kier alpha value is -5.00. The number of aromatic nitrogens is 3. The van der Waals surface area contributed by atoms with Gasteiger partial charge in [-0.15, -0.1) is 5.10 Å². The number of hydrogen-bond donors (Lipinski definition) is 2. The smallest absolute Gasteiger partial charge is 0.336 e. The van der Waals surface area contributed by atoms with Gasteiger partial charge in [-0.25, -0.2) is 9.59 Å². The second-order valence-corrected chi connectivity index (χ2v) is 9.73. The third kappa shape index (κ3) is 7.19. The molecule has 0 radical (unpaired) electrons. The van der Waals surface area contributed by atoms with Crippen LogP contribution >= 0.6 is 0 Å². The van der Waals surface area contributed by atoms with Crippen molar-refractivity contribution in [3.05, 3.63) is 93.1 Å². The number of nitro benzene ring substituents is 1. The van der Waals surface area contributed by atoms with Crippen molar-refractivity contribution in [1.29, 1.82) is 0 Å². The molecule has 3 heterocycles. The molecule has 1 atom stereocenters. The molecule has 0 amide bonds. The Labute approximate surface area is 242 Å². The Kier molecular flexibility index (Phi) is 10.0. The van der Waals surface area contributed by atoms with Crippen LogP contribution in [-0.4, -0.2) is 52.4 Å². The molecule has 4 rings (SSSR count). The van der Waals surface area contributed by atoms with E-state index in [1.54, 1.807) is 32.3 Å². The van der Waals surface area contributed by atoms with Crippen molar-refractivity contribution in [2.24, 2.45) is 0 Å². The number of carbonyl (C=O) groups is 2. The summed E-state index contributed by atoms with van der Waals surface area (Å²) in [6, 6.07) is 11.5. The maximum Gasteiger partial charge on any atom is 0.336 e. The lowest BCUT2D eigenvalue weighted by Gasteiger charge is -2.30. The van der Waals surface area contributed by atoms with E-state index in [1.807, 2.05) is 18.2 Å². The molecule has 12 heteroatoms. The average Bonchev–Trinajstić information content (AvgIpc) is 3.47. The molecular formula is C30H33N5O7. The Morgan fingerprint density at radius 1 is 0.952 bits per heavy atom. The van der Waals surface area contributed by atoms with E-state index in [0.717, 1.165) is 30.5 Å². The number of methoxy groups -OCH3 is 1. The van der Waals surface area contributed by atoms with Crippen molar-refractivity contribution in [2.75, 3.05) is 20.3 Å². The van der Waals surface area contributed by atoms with Crippen LogP contribution in [0.3, 0.4) is 0 Å². The van der Waals surface area contributed by atoms with Gasteiger partial charge in [-0.2, -0.15) is 0 Å². The number of nitro groups is 1. The Morgan fingerprint density at radius 2 is 1.64 bits per heavy atom. The van der Waals surface area contributed by atoms with Crippen molar-refractivity contribution in [2.45, 2.75) is 45.4 Å². The highest BCUT2D eigenvalue weighted by atomic mass is 16.6. The normalized spacial score (nSPS) is 14.8. The fraction of sp³-hybridized carbons (Fsp3) is 0.333. The standard InChI is InChI=1S/C30H33N5O7/c1-19-26(29(36)40-3)28(22-9-8-10-23(17-22)35(38)39)27(20(2)32-19)30(37)42-16-7-5-4-6-15-41-25-18-24(33-34-25)21-11-13-31-14-12-21/h8-14,17-18,28,32H,4-7,15-16H2,1-3H3,(H,33,34). The lowest BCUT2D eigenvalue weighted by molar-refractivity contribution is -0.384. The van der Waals surface area contributed by atoms with Crippen LogP contribution in [0, 0.1) is 10.1 Å². The number of pyridine rings is 1. The minimum absolute atomic E-state index is 0.149. The first-order chi connectivity index (χ1) is 20.3. The van der Waals surface area contributed by atoms with Crippen molar-refractivity contribution >= 4 is 17.6 Å². The minimum Gasteiger partial charge on any atom is -0.477 e. The summed E-state index contributed by atoms with van der Waals surface area (Å²) < 4.78 is 16.3. The lowest BCUT2D eigenvalue weighted by atomic mass is 9.80. The predicted molar refractivity (Wildman–Crippen MR) is 153 cm³/mol. The monoisotopic (exact) mass is 575 g/mol. The van der Waals surface area contributed by atoms with Gasteiger partial charge in [0.25, 0.3) is 5.69 Å². The van der Waals surface area contributed by atoms with Gasteiger partial charge >= 0.3 is 11.9 Å². The zero-order valence-corrected chi connectivity index (χ0v) is 23.7. The third-order valence-corrected chi connectivity index (χ3v) is 6.87. The summed E-state index contributed by atoms with van der Waals surface area (Å²) in [5.74, 6) is -1.60. The number of nitrogens with one attached hydrogen (secondary N) is 2. The topological polar surface area (TPSA) is 159 Å². The molecule has 2 N–H and O–H groups in total. The number of unbranched alkanes of at least 4 members (excludes halogenated alkanes) is 3. The number of esters is 2. The molecule has 42 heavy (non-hydrogen) atoms. The van der Waals surface area contributed by atoms with E-state index < -0.39 is 22.8 Å². The van der Waals surface area contributed by atoms with Crippen LogP contribution in [0.25, 0.3) is 11.3 Å². The number of benzene rings is 1. The van der Waals surface area contributed by atoms with Gasteiger partial charge in [0.1, 0.15) is 0 Å². The van der Waals surface area contributed by atoms with Gasteiger partial charge in [-0.05, 0) is 57.2 Å². The average molecular weight is 576 g/mol. The molecule has 2 aromatic heterocycles. The quantitative estimate of drug-likeness (QED) is 0.123. The number of non-ortho nitro benzene ring substituents is 1. The van der Waals surface area contributed by atoms with Crippen molar-refractivity contribution in [3.8, 4) is 17.1 Å². The maximum atomic E-state index is 13.3. The number of aromatic amines is 1. The van der Waals surface area contributed by atoms with Gasteiger partial charge in [0, 0.05) is 47.6 Å². The lowest BCUT2D eigenvalue weighted by Crippen LogP contribution is -2.32. The van der Waals surface area contributed by atoms with Gasteiger partial charge in [0.2, 0.25) is 5.88 Å². The maximum absolute atomic E-state index is 13.3. The molecule has 1 aliphatic heterocycles. The molecule has 1 unspecified atom stereocenters.